The number of hydrogen-bond donors (Lipinski definition) is 0. The molecule has 1 amide bonds. The predicted octanol–water partition coefficient (Wildman–Crippen LogP) is 3.24. The van der Waals surface area contributed by atoms with Crippen LogP contribution in [0.3, 0.4) is 0 Å². The zero-order valence-electron chi connectivity index (χ0n) is 18.7. The molecule has 0 N–H and O–H groups in total. The summed E-state index contributed by atoms with van der Waals surface area (Å²) in [5.41, 5.74) is 1.19. The van der Waals surface area contributed by atoms with E-state index < -0.39 is 0 Å². The Morgan fingerprint density at radius 2 is 1.72 bits per heavy atom. The Balaban J connectivity index is 1.66. The number of carbonyl (C=O) groups excluding carboxylic acids is 1. The summed E-state index contributed by atoms with van der Waals surface area (Å²) in [4.78, 5) is 20.0. The highest BCUT2D eigenvalue weighted by molar-refractivity contribution is 5.78. The van der Waals surface area contributed by atoms with Gasteiger partial charge in [-0.3, -0.25) is 9.69 Å². The molecule has 0 saturated carbocycles. The molecule has 2 aliphatic rings. The van der Waals surface area contributed by atoms with E-state index in [-0.39, 0.29) is 12.0 Å². The largest absolute Gasteiger partial charge is 0.370 e. The average Bonchev–Trinajstić information content (AvgIpc) is 2.86. The van der Waals surface area contributed by atoms with Gasteiger partial charge in [-0.1, -0.05) is 44.2 Å². The molecule has 0 bridgehead atoms. The molecule has 1 aromatic rings. The van der Waals surface area contributed by atoms with Crippen molar-refractivity contribution in [3.63, 3.8) is 0 Å². The van der Waals surface area contributed by atoms with Gasteiger partial charge >= 0.3 is 0 Å². The Bertz CT molecular complexity index is 626. The standard InChI is InChI=1S/C24H39N3O2/c1-19(2)14-27-16-23(29-18-21-8-6-5-7-9-21)15-26(17-24(27)28)22-10-12-25(13-11-22)20(3)4/h5-9,19-20,22-23H,10-18H2,1-4H3. The lowest BCUT2D eigenvalue weighted by molar-refractivity contribution is -0.132. The van der Waals surface area contributed by atoms with Crippen molar-refractivity contribution in [2.24, 2.45) is 5.92 Å². The number of benzene rings is 1. The summed E-state index contributed by atoms with van der Waals surface area (Å²) in [6.07, 6.45) is 2.34. The van der Waals surface area contributed by atoms with E-state index in [0.29, 0.717) is 37.7 Å². The normalized spacial score (nSPS) is 23.2. The molecule has 5 nitrogen and oxygen atoms in total. The first-order valence-corrected chi connectivity index (χ1v) is 11.3. The lowest BCUT2D eigenvalue weighted by Crippen LogP contribution is -2.49. The van der Waals surface area contributed by atoms with Crippen LogP contribution in [-0.2, 0) is 16.1 Å². The summed E-state index contributed by atoms with van der Waals surface area (Å²) >= 11 is 0. The van der Waals surface area contributed by atoms with E-state index in [4.69, 9.17) is 4.74 Å². The van der Waals surface area contributed by atoms with E-state index in [1.807, 2.05) is 11.0 Å². The Morgan fingerprint density at radius 3 is 2.34 bits per heavy atom. The quantitative estimate of drug-likeness (QED) is 0.703. The van der Waals surface area contributed by atoms with Crippen LogP contribution in [0.4, 0.5) is 0 Å². The van der Waals surface area contributed by atoms with Gasteiger partial charge in [0, 0.05) is 31.7 Å². The monoisotopic (exact) mass is 401 g/mol. The molecule has 3 rings (SSSR count). The molecule has 29 heavy (non-hydrogen) atoms. The van der Waals surface area contributed by atoms with Gasteiger partial charge in [0.25, 0.3) is 0 Å². The second-order valence-electron chi connectivity index (χ2n) is 9.40. The fourth-order valence-corrected chi connectivity index (χ4v) is 4.56. The molecule has 0 aliphatic carbocycles. The summed E-state index contributed by atoms with van der Waals surface area (Å²) in [5, 5.41) is 0. The lowest BCUT2D eigenvalue weighted by atomic mass is 10.0. The number of hydrogen-bond acceptors (Lipinski definition) is 4. The third kappa shape index (κ3) is 6.53. The minimum absolute atomic E-state index is 0.0588. The highest BCUT2D eigenvalue weighted by atomic mass is 16.5. The molecule has 1 unspecified atom stereocenters. The van der Waals surface area contributed by atoms with Gasteiger partial charge < -0.3 is 14.5 Å². The fraction of sp³-hybridized carbons (Fsp3) is 0.708. The summed E-state index contributed by atoms with van der Waals surface area (Å²) in [6.45, 7) is 14.6. The van der Waals surface area contributed by atoms with E-state index >= 15 is 0 Å². The van der Waals surface area contributed by atoms with Crippen molar-refractivity contribution >= 4 is 5.91 Å². The van der Waals surface area contributed by atoms with Crippen molar-refractivity contribution in [1.29, 1.82) is 0 Å². The second-order valence-corrected chi connectivity index (χ2v) is 9.40. The van der Waals surface area contributed by atoms with Gasteiger partial charge in [-0.25, -0.2) is 0 Å². The molecule has 0 radical (unpaired) electrons. The molecule has 5 heteroatoms. The molecular weight excluding hydrogens is 362 g/mol. The van der Waals surface area contributed by atoms with Gasteiger partial charge in [0.2, 0.25) is 5.91 Å². The van der Waals surface area contributed by atoms with Crippen LogP contribution in [0.1, 0.15) is 46.1 Å². The molecule has 2 saturated heterocycles. The van der Waals surface area contributed by atoms with Crippen LogP contribution in [0, 0.1) is 5.92 Å². The van der Waals surface area contributed by atoms with Crippen LogP contribution in [0.25, 0.3) is 0 Å². The molecule has 1 atom stereocenters. The van der Waals surface area contributed by atoms with E-state index in [9.17, 15) is 4.79 Å². The second kappa shape index (κ2) is 10.6. The molecule has 2 aliphatic heterocycles. The molecule has 2 heterocycles. The number of ether oxygens (including phenoxy) is 1. The van der Waals surface area contributed by atoms with Crippen molar-refractivity contribution in [1.82, 2.24) is 14.7 Å². The number of nitrogens with zero attached hydrogens (tertiary/aromatic N) is 3. The summed E-state index contributed by atoms with van der Waals surface area (Å²) in [5.74, 6) is 0.727. The molecule has 162 valence electrons. The molecule has 0 aromatic heterocycles. The maximum Gasteiger partial charge on any atom is 0.236 e. The van der Waals surface area contributed by atoms with Crippen molar-refractivity contribution in [2.45, 2.75) is 65.3 Å². The van der Waals surface area contributed by atoms with E-state index in [0.717, 1.165) is 39.0 Å². The highest BCUT2D eigenvalue weighted by Gasteiger charge is 2.34. The van der Waals surface area contributed by atoms with E-state index in [1.54, 1.807) is 0 Å². The van der Waals surface area contributed by atoms with Gasteiger partial charge in [0.05, 0.1) is 19.3 Å². The first kappa shape index (κ1) is 22.3. The smallest absolute Gasteiger partial charge is 0.236 e. The van der Waals surface area contributed by atoms with Gasteiger partial charge in [0.15, 0.2) is 0 Å². The minimum Gasteiger partial charge on any atom is -0.370 e. The van der Waals surface area contributed by atoms with Crippen LogP contribution in [-0.4, -0.2) is 78.1 Å². The molecule has 2 fully saturated rings. The first-order valence-electron chi connectivity index (χ1n) is 11.3. The van der Waals surface area contributed by atoms with Gasteiger partial charge in [0.1, 0.15) is 0 Å². The van der Waals surface area contributed by atoms with Crippen LogP contribution in [0.2, 0.25) is 0 Å². The average molecular weight is 402 g/mol. The van der Waals surface area contributed by atoms with Crippen LogP contribution in [0.15, 0.2) is 30.3 Å². The predicted molar refractivity (Wildman–Crippen MR) is 118 cm³/mol. The fourth-order valence-electron chi connectivity index (χ4n) is 4.56. The van der Waals surface area contributed by atoms with Crippen molar-refractivity contribution in [3.8, 4) is 0 Å². The third-order valence-corrected chi connectivity index (χ3v) is 6.21. The topological polar surface area (TPSA) is 36.0 Å². The Hall–Kier alpha value is -1.43. The van der Waals surface area contributed by atoms with Gasteiger partial charge in [-0.15, -0.1) is 0 Å². The Morgan fingerprint density at radius 1 is 1.03 bits per heavy atom. The highest BCUT2D eigenvalue weighted by Crippen LogP contribution is 2.22. The number of piperidine rings is 1. The van der Waals surface area contributed by atoms with Crippen molar-refractivity contribution < 1.29 is 9.53 Å². The van der Waals surface area contributed by atoms with Crippen LogP contribution >= 0.6 is 0 Å². The van der Waals surface area contributed by atoms with E-state index in [2.05, 4.69) is 61.8 Å². The van der Waals surface area contributed by atoms with Gasteiger partial charge in [-0.2, -0.15) is 0 Å². The van der Waals surface area contributed by atoms with Crippen LogP contribution in [0.5, 0.6) is 0 Å². The molecular formula is C24H39N3O2. The number of rotatable bonds is 7. The van der Waals surface area contributed by atoms with Gasteiger partial charge in [-0.05, 0) is 51.3 Å². The molecule has 1 aromatic carbocycles. The zero-order valence-corrected chi connectivity index (χ0v) is 18.7. The SMILES string of the molecule is CC(C)CN1CC(OCc2ccccc2)CN(C2CCN(C(C)C)CC2)CC1=O. The number of carbonyl (C=O) groups is 1. The maximum atomic E-state index is 13.0. The summed E-state index contributed by atoms with van der Waals surface area (Å²) < 4.78 is 6.34. The molecule has 0 spiro atoms. The third-order valence-electron chi connectivity index (χ3n) is 6.21. The maximum absolute atomic E-state index is 13.0. The Kier molecular flexibility index (Phi) is 8.10. The van der Waals surface area contributed by atoms with E-state index in [1.165, 1.54) is 5.56 Å². The number of likely N-dealkylation sites (tertiary alicyclic amines) is 1. The summed E-state index contributed by atoms with van der Waals surface area (Å²) in [7, 11) is 0. The summed E-state index contributed by atoms with van der Waals surface area (Å²) in [6, 6.07) is 11.4. The first-order chi connectivity index (χ1) is 13.9. The van der Waals surface area contributed by atoms with Crippen molar-refractivity contribution in [3.05, 3.63) is 35.9 Å². The Labute approximate surface area is 177 Å². The number of amides is 1. The van der Waals surface area contributed by atoms with Crippen molar-refractivity contribution in [2.75, 3.05) is 39.3 Å². The minimum atomic E-state index is 0.0588. The zero-order chi connectivity index (χ0) is 20.8. The van der Waals surface area contributed by atoms with Crippen LogP contribution < -0.4 is 0 Å². The lowest BCUT2D eigenvalue weighted by Gasteiger charge is -2.39.